The maximum absolute atomic E-state index is 11.6. The molecule has 1 atom stereocenters. The molecule has 1 amide bonds. The summed E-state index contributed by atoms with van der Waals surface area (Å²) in [4.78, 5) is 26.1. The van der Waals surface area contributed by atoms with Gasteiger partial charge < -0.3 is 10.4 Å². The summed E-state index contributed by atoms with van der Waals surface area (Å²) in [6, 6.07) is 3.81. The summed E-state index contributed by atoms with van der Waals surface area (Å²) in [7, 11) is 0. The van der Waals surface area contributed by atoms with Crippen molar-refractivity contribution < 1.29 is 14.7 Å². The Bertz CT molecular complexity index is 505. The number of carbonyl (C=O) groups excluding carboxylic acids is 1. The standard InChI is InChI=1S/C11H11N3O3/c1-6-8(5-12)3-4-9(13-6)10(15)14-7(2)11(16)17/h3-4,7H,1-2H3,(H,14,15)(H,16,17)/t7-/m0/s1. The zero-order chi connectivity index (χ0) is 13.0. The van der Waals surface area contributed by atoms with Crippen LogP contribution in [0.5, 0.6) is 0 Å². The van der Waals surface area contributed by atoms with Gasteiger partial charge in [0, 0.05) is 0 Å². The van der Waals surface area contributed by atoms with Gasteiger partial charge in [-0.05, 0) is 26.0 Å². The maximum Gasteiger partial charge on any atom is 0.325 e. The molecule has 0 fully saturated rings. The molecule has 0 aliphatic rings. The Morgan fingerprint density at radius 1 is 1.53 bits per heavy atom. The Labute approximate surface area is 97.9 Å². The Balaban J connectivity index is 2.88. The number of amides is 1. The lowest BCUT2D eigenvalue weighted by Crippen LogP contribution is -2.38. The SMILES string of the molecule is Cc1nc(C(=O)N[C@@H](C)C(=O)O)ccc1C#N. The van der Waals surface area contributed by atoms with Gasteiger partial charge in [-0.1, -0.05) is 0 Å². The van der Waals surface area contributed by atoms with Gasteiger partial charge in [-0.25, -0.2) is 4.98 Å². The van der Waals surface area contributed by atoms with Gasteiger partial charge in [0.2, 0.25) is 0 Å². The predicted octanol–water partition coefficient (Wildman–Crippen LogP) is 0.465. The molecular weight excluding hydrogens is 222 g/mol. The first-order valence-electron chi connectivity index (χ1n) is 4.87. The number of carbonyl (C=O) groups is 2. The van der Waals surface area contributed by atoms with Gasteiger partial charge in [0.05, 0.1) is 11.3 Å². The van der Waals surface area contributed by atoms with Gasteiger partial charge in [-0.3, -0.25) is 9.59 Å². The molecule has 0 radical (unpaired) electrons. The van der Waals surface area contributed by atoms with Crippen LogP contribution in [-0.4, -0.2) is 28.0 Å². The Hall–Kier alpha value is -2.42. The molecule has 6 heteroatoms. The van der Waals surface area contributed by atoms with Crippen molar-refractivity contribution in [2.24, 2.45) is 0 Å². The molecule has 0 spiro atoms. The normalized spacial score (nSPS) is 11.4. The first-order chi connectivity index (χ1) is 7.95. The van der Waals surface area contributed by atoms with E-state index in [4.69, 9.17) is 10.4 Å². The number of pyridine rings is 1. The molecule has 0 bridgehead atoms. The zero-order valence-corrected chi connectivity index (χ0v) is 9.39. The Morgan fingerprint density at radius 2 is 2.18 bits per heavy atom. The second-order valence-corrected chi connectivity index (χ2v) is 3.47. The van der Waals surface area contributed by atoms with E-state index in [1.165, 1.54) is 19.1 Å². The average molecular weight is 233 g/mol. The molecule has 0 unspecified atom stereocenters. The van der Waals surface area contributed by atoms with Gasteiger partial charge in [0.25, 0.3) is 5.91 Å². The number of carboxylic acid groups (broad SMARTS) is 1. The third kappa shape index (κ3) is 3.01. The van der Waals surface area contributed by atoms with Gasteiger partial charge in [0.1, 0.15) is 17.8 Å². The molecule has 0 aliphatic heterocycles. The summed E-state index contributed by atoms with van der Waals surface area (Å²) < 4.78 is 0. The summed E-state index contributed by atoms with van der Waals surface area (Å²) >= 11 is 0. The fourth-order valence-electron chi connectivity index (χ4n) is 1.14. The number of carboxylic acids is 1. The summed E-state index contributed by atoms with van der Waals surface area (Å²) in [6.45, 7) is 2.96. The third-order valence-corrected chi connectivity index (χ3v) is 2.16. The number of rotatable bonds is 3. The lowest BCUT2D eigenvalue weighted by Gasteiger charge is -2.09. The van der Waals surface area contributed by atoms with E-state index < -0.39 is 17.9 Å². The van der Waals surface area contributed by atoms with Crippen LogP contribution >= 0.6 is 0 Å². The first-order valence-corrected chi connectivity index (χ1v) is 4.87. The predicted molar refractivity (Wildman–Crippen MR) is 58.3 cm³/mol. The lowest BCUT2D eigenvalue weighted by atomic mass is 10.2. The highest BCUT2D eigenvalue weighted by molar-refractivity contribution is 5.94. The highest BCUT2D eigenvalue weighted by atomic mass is 16.4. The second-order valence-electron chi connectivity index (χ2n) is 3.47. The minimum atomic E-state index is -1.12. The smallest absolute Gasteiger partial charge is 0.325 e. The average Bonchev–Trinajstić information content (AvgIpc) is 2.28. The van der Waals surface area contributed by atoms with Crippen molar-refractivity contribution >= 4 is 11.9 Å². The number of aromatic nitrogens is 1. The van der Waals surface area contributed by atoms with E-state index in [9.17, 15) is 9.59 Å². The van der Waals surface area contributed by atoms with Gasteiger partial charge >= 0.3 is 5.97 Å². The molecule has 0 saturated heterocycles. The molecule has 88 valence electrons. The number of hydrogen-bond donors (Lipinski definition) is 2. The molecule has 1 aromatic rings. The van der Waals surface area contributed by atoms with Crippen LogP contribution in [0.25, 0.3) is 0 Å². The van der Waals surface area contributed by atoms with Crippen LogP contribution in [0.3, 0.4) is 0 Å². The van der Waals surface area contributed by atoms with Crippen LogP contribution in [0.2, 0.25) is 0 Å². The fourth-order valence-corrected chi connectivity index (χ4v) is 1.14. The number of nitrogens with zero attached hydrogens (tertiary/aromatic N) is 2. The minimum Gasteiger partial charge on any atom is -0.480 e. The van der Waals surface area contributed by atoms with Gasteiger partial charge in [-0.2, -0.15) is 5.26 Å². The van der Waals surface area contributed by atoms with Crippen molar-refractivity contribution in [1.29, 1.82) is 5.26 Å². The second kappa shape index (κ2) is 5.07. The maximum atomic E-state index is 11.6. The topological polar surface area (TPSA) is 103 Å². The minimum absolute atomic E-state index is 0.0922. The molecule has 1 rings (SSSR count). The van der Waals surface area contributed by atoms with Gasteiger partial charge in [0.15, 0.2) is 0 Å². The lowest BCUT2D eigenvalue weighted by molar-refractivity contribution is -0.138. The van der Waals surface area contributed by atoms with E-state index in [-0.39, 0.29) is 5.69 Å². The fraction of sp³-hybridized carbons (Fsp3) is 0.273. The Morgan fingerprint density at radius 3 is 2.65 bits per heavy atom. The van der Waals surface area contributed by atoms with Crippen LogP contribution < -0.4 is 5.32 Å². The van der Waals surface area contributed by atoms with Crippen LogP contribution in [0.15, 0.2) is 12.1 Å². The molecule has 0 aliphatic carbocycles. The van der Waals surface area contributed by atoms with E-state index in [1.54, 1.807) is 6.92 Å². The monoisotopic (exact) mass is 233 g/mol. The van der Waals surface area contributed by atoms with E-state index >= 15 is 0 Å². The van der Waals surface area contributed by atoms with Gasteiger partial charge in [-0.15, -0.1) is 0 Å². The molecule has 6 nitrogen and oxygen atoms in total. The summed E-state index contributed by atoms with van der Waals surface area (Å²) in [5, 5.41) is 19.6. The van der Waals surface area contributed by atoms with E-state index in [2.05, 4.69) is 10.3 Å². The summed E-state index contributed by atoms with van der Waals surface area (Å²) in [5.74, 6) is -1.70. The van der Waals surface area contributed by atoms with Crippen molar-refractivity contribution in [3.8, 4) is 6.07 Å². The van der Waals surface area contributed by atoms with E-state index in [1.807, 2.05) is 6.07 Å². The zero-order valence-electron chi connectivity index (χ0n) is 9.39. The highest BCUT2D eigenvalue weighted by Gasteiger charge is 2.16. The number of aryl methyl sites for hydroxylation is 1. The van der Waals surface area contributed by atoms with Crippen LogP contribution in [0.4, 0.5) is 0 Å². The number of hydrogen-bond acceptors (Lipinski definition) is 4. The molecule has 2 N–H and O–H groups in total. The molecule has 17 heavy (non-hydrogen) atoms. The number of nitrogens with one attached hydrogen (secondary N) is 1. The number of nitriles is 1. The molecule has 1 heterocycles. The highest BCUT2D eigenvalue weighted by Crippen LogP contribution is 2.05. The van der Waals surface area contributed by atoms with Crippen molar-refractivity contribution in [3.63, 3.8) is 0 Å². The van der Waals surface area contributed by atoms with Crippen molar-refractivity contribution in [2.75, 3.05) is 0 Å². The van der Waals surface area contributed by atoms with E-state index in [0.717, 1.165) is 0 Å². The van der Waals surface area contributed by atoms with E-state index in [0.29, 0.717) is 11.3 Å². The molecular formula is C11H11N3O3. The van der Waals surface area contributed by atoms with Crippen molar-refractivity contribution in [2.45, 2.75) is 19.9 Å². The largest absolute Gasteiger partial charge is 0.480 e. The van der Waals surface area contributed by atoms with Crippen LogP contribution in [-0.2, 0) is 4.79 Å². The third-order valence-electron chi connectivity index (χ3n) is 2.16. The summed E-state index contributed by atoms with van der Waals surface area (Å²) in [6.07, 6.45) is 0. The van der Waals surface area contributed by atoms with Crippen LogP contribution in [0.1, 0.15) is 28.7 Å². The molecule has 0 aromatic carbocycles. The molecule has 0 saturated carbocycles. The number of aliphatic carboxylic acids is 1. The van der Waals surface area contributed by atoms with Crippen LogP contribution in [0, 0.1) is 18.3 Å². The Kier molecular flexibility index (Phi) is 3.78. The van der Waals surface area contributed by atoms with Crippen molar-refractivity contribution in [3.05, 3.63) is 29.1 Å². The summed E-state index contributed by atoms with van der Waals surface area (Å²) in [5.41, 5.74) is 0.908. The van der Waals surface area contributed by atoms with Crippen molar-refractivity contribution in [1.82, 2.24) is 10.3 Å². The first kappa shape index (κ1) is 12.6. The quantitative estimate of drug-likeness (QED) is 0.789. The molecule has 1 aromatic heterocycles.